The number of carbonyl (C=O) groups is 1. The lowest BCUT2D eigenvalue weighted by atomic mass is 10.2. The molecule has 0 fully saturated rings. The van der Waals surface area contributed by atoms with Gasteiger partial charge in [-0.1, -0.05) is 6.07 Å². The zero-order valence-corrected chi connectivity index (χ0v) is 17.0. The molecule has 0 saturated heterocycles. The number of anilines is 1. The molecule has 3 aromatic heterocycles. The summed E-state index contributed by atoms with van der Waals surface area (Å²) in [6, 6.07) is 6.83. The van der Waals surface area contributed by atoms with Crippen molar-refractivity contribution in [1.82, 2.24) is 24.4 Å². The largest absolute Gasteiger partial charge is 0.357 e. The predicted molar refractivity (Wildman–Crippen MR) is 111 cm³/mol. The Balaban J connectivity index is 1.78. The van der Waals surface area contributed by atoms with Gasteiger partial charge in [-0.05, 0) is 37.6 Å². The number of hydrogen-bond acceptors (Lipinski definition) is 6. The maximum Gasteiger partial charge on any atom is 0.332 e. The molecular weight excluding hydrogens is 372 g/mol. The first-order valence-electron chi connectivity index (χ1n) is 9.42. The number of carbonyl (C=O) groups excluding carboxylic acids is 1. The summed E-state index contributed by atoms with van der Waals surface area (Å²) in [6.07, 6.45) is 1.73. The fourth-order valence-corrected chi connectivity index (χ4v) is 3.11. The minimum atomic E-state index is -0.494. The fraction of sp³-hybridized carbons (Fsp3) is 0.350. The van der Waals surface area contributed by atoms with Crippen LogP contribution in [0.2, 0.25) is 0 Å². The van der Waals surface area contributed by atoms with Gasteiger partial charge in [-0.3, -0.25) is 18.7 Å². The van der Waals surface area contributed by atoms with Crippen molar-refractivity contribution >= 4 is 22.8 Å². The lowest BCUT2D eigenvalue weighted by Crippen LogP contribution is -2.37. The molecule has 1 N–H and O–H groups in total. The molecule has 152 valence electrons. The molecule has 0 aliphatic heterocycles. The summed E-state index contributed by atoms with van der Waals surface area (Å²) in [4.78, 5) is 47.6. The zero-order valence-electron chi connectivity index (χ0n) is 17.0. The van der Waals surface area contributed by atoms with Crippen molar-refractivity contribution in [2.24, 2.45) is 14.1 Å². The smallest absolute Gasteiger partial charge is 0.332 e. The van der Waals surface area contributed by atoms with E-state index in [4.69, 9.17) is 0 Å². The van der Waals surface area contributed by atoms with Gasteiger partial charge in [0, 0.05) is 39.9 Å². The Morgan fingerprint density at radius 2 is 1.79 bits per heavy atom. The van der Waals surface area contributed by atoms with Crippen LogP contribution >= 0.6 is 0 Å². The Morgan fingerprint density at radius 3 is 2.41 bits per heavy atom. The van der Waals surface area contributed by atoms with Crippen LogP contribution in [0.5, 0.6) is 0 Å². The van der Waals surface area contributed by atoms with E-state index in [0.29, 0.717) is 6.54 Å². The van der Waals surface area contributed by atoms with Crippen LogP contribution in [0, 0.1) is 0 Å². The monoisotopic (exact) mass is 396 g/mol. The average Bonchev–Trinajstić information content (AvgIpc) is 2.75. The van der Waals surface area contributed by atoms with E-state index < -0.39 is 17.2 Å². The second-order valence-electron chi connectivity index (χ2n) is 6.65. The molecule has 0 aliphatic carbocycles. The highest BCUT2D eigenvalue weighted by Crippen LogP contribution is 2.11. The molecule has 0 unspecified atom stereocenters. The Morgan fingerprint density at radius 1 is 1.07 bits per heavy atom. The number of aromatic nitrogens is 4. The van der Waals surface area contributed by atoms with Gasteiger partial charge in [0.1, 0.15) is 17.2 Å². The van der Waals surface area contributed by atoms with Crippen molar-refractivity contribution in [3.8, 4) is 0 Å². The fourth-order valence-electron chi connectivity index (χ4n) is 3.11. The molecule has 0 aromatic carbocycles. The van der Waals surface area contributed by atoms with Gasteiger partial charge in [-0.2, -0.15) is 0 Å². The van der Waals surface area contributed by atoms with E-state index in [1.807, 2.05) is 12.1 Å². The van der Waals surface area contributed by atoms with Gasteiger partial charge in [-0.25, -0.2) is 14.8 Å². The molecule has 0 bridgehead atoms. The summed E-state index contributed by atoms with van der Waals surface area (Å²) < 4.78 is 2.27. The summed E-state index contributed by atoms with van der Waals surface area (Å²) in [5.74, 6) is 0.497. The third kappa shape index (κ3) is 3.89. The first-order chi connectivity index (χ1) is 13.9. The SMILES string of the molecule is CCN(CC)c1ccc(CNC(=O)c2ccc3c(=O)n(C)c(=O)n(C)c3n2)cn1. The molecule has 9 nitrogen and oxygen atoms in total. The Kier molecular flexibility index (Phi) is 5.76. The van der Waals surface area contributed by atoms with Crippen LogP contribution in [0.1, 0.15) is 29.9 Å². The Bertz CT molecular complexity index is 1160. The van der Waals surface area contributed by atoms with Gasteiger partial charge >= 0.3 is 5.69 Å². The number of hydrogen-bond donors (Lipinski definition) is 1. The van der Waals surface area contributed by atoms with E-state index in [-0.39, 0.29) is 16.7 Å². The van der Waals surface area contributed by atoms with E-state index in [0.717, 1.165) is 29.0 Å². The molecule has 0 atom stereocenters. The highest BCUT2D eigenvalue weighted by atomic mass is 16.2. The van der Waals surface area contributed by atoms with E-state index >= 15 is 0 Å². The lowest BCUT2D eigenvalue weighted by molar-refractivity contribution is 0.0946. The number of nitrogens with one attached hydrogen (secondary N) is 1. The van der Waals surface area contributed by atoms with Gasteiger partial charge in [0.15, 0.2) is 0 Å². The van der Waals surface area contributed by atoms with Crippen molar-refractivity contribution in [3.63, 3.8) is 0 Å². The molecule has 3 rings (SSSR count). The Hall–Kier alpha value is -3.49. The van der Waals surface area contributed by atoms with Gasteiger partial charge in [0.25, 0.3) is 11.5 Å². The maximum absolute atomic E-state index is 12.5. The highest BCUT2D eigenvalue weighted by molar-refractivity contribution is 5.94. The Labute approximate surface area is 167 Å². The van der Waals surface area contributed by atoms with Gasteiger partial charge < -0.3 is 10.2 Å². The van der Waals surface area contributed by atoms with Crippen LogP contribution in [0.4, 0.5) is 5.82 Å². The predicted octanol–water partition coefficient (Wildman–Crippen LogP) is 0.803. The molecule has 29 heavy (non-hydrogen) atoms. The van der Waals surface area contributed by atoms with Crippen molar-refractivity contribution in [3.05, 3.63) is 62.6 Å². The average molecular weight is 396 g/mol. The summed E-state index contributed by atoms with van der Waals surface area (Å²) in [5.41, 5.74) is 0.231. The molecular formula is C20H24N6O3. The first-order valence-corrected chi connectivity index (χ1v) is 9.42. The quantitative estimate of drug-likeness (QED) is 0.661. The van der Waals surface area contributed by atoms with Crippen LogP contribution in [0.3, 0.4) is 0 Å². The van der Waals surface area contributed by atoms with Gasteiger partial charge in [0.2, 0.25) is 0 Å². The summed E-state index contributed by atoms with van der Waals surface area (Å²) >= 11 is 0. The van der Waals surface area contributed by atoms with Crippen LogP contribution in [0.25, 0.3) is 11.0 Å². The molecule has 0 saturated carbocycles. The van der Waals surface area contributed by atoms with Gasteiger partial charge in [-0.15, -0.1) is 0 Å². The standard InChI is InChI=1S/C20H24N6O3/c1-5-26(6-2)16-10-7-13(11-21-16)12-22-18(27)15-9-8-14-17(23-15)24(3)20(29)25(4)19(14)28/h7-11H,5-6,12H2,1-4H3,(H,22,27). The third-order valence-electron chi connectivity index (χ3n) is 4.88. The van der Waals surface area contributed by atoms with Crippen molar-refractivity contribution in [2.75, 3.05) is 18.0 Å². The number of rotatable bonds is 6. The molecule has 9 heteroatoms. The summed E-state index contributed by atoms with van der Waals surface area (Å²) in [7, 11) is 2.92. The normalized spacial score (nSPS) is 10.9. The van der Waals surface area contributed by atoms with Crippen LogP contribution in [0.15, 0.2) is 40.1 Å². The number of aryl methyl sites for hydroxylation is 1. The summed E-state index contributed by atoms with van der Waals surface area (Å²) in [6.45, 7) is 6.18. The lowest BCUT2D eigenvalue weighted by Gasteiger charge is -2.19. The third-order valence-corrected chi connectivity index (χ3v) is 4.88. The number of fused-ring (bicyclic) bond motifs is 1. The number of amides is 1. The number of pyridine rings is 2. The van der Waals surface area contributed by atoms with E-state index in [1.165, 1.54) is 30.8 Å². The molecule has 0 aliphatic rings. The minimum Gasteiger partial charge on any atom is -0.357 e. The second-order valence-corrected chi connectivity index (χ2v) is 6.65. The van der Waals surface area contributed by atoms with Crippen LogP contribution < -0.4 is 21.5 Å². The number of nitrogens with zero attached hydrogens (tertiary/aromatic N) is 5. The topological polar surface area (TPSA) is 102 Å². The molecule has 3 heterocycles. The van der Waals surface area contributed by atoms with Gasteiger partial charge in [0.05, 0.1) is 5.39 Å². The second kappa shape index (κ2) is 8.26. The van der Waals surface area contributed by atoms with E-state index in [9.17, 15) is 14.4 Å². The molecule has 0 spiro atoms. The van der Waals surface area contributed by atoms with Crippen molar-refractivity contribution < 1.29 is 4.79 Å². The minimum absolute atomic E-state index is 0.133. The van der Waals surface area contributed by atoms with Crippen molar-refractivity contribution in [2.45, 2.75) is 20.4 Å². The first kappa shape index (κ1) is 20.2. The van der Waals surface area contributed by atoms with Crippen LogP contribution in [-0.4, -0.2) is 38.1 Å². The maximum atomic E-state index is 12.5. The summed E-state index contributed by atoms with van der Waals surface area (Å²) in [5, 5.41) is 3.07. The van der Waals surface area contributed by atoms with Crippen LogP contribution in [-0.2, 0) is 20.6 Å². The molecule has 0 radical (unpaired) electrons. The highest BCUT2D eigenvalue weighted by Gasteiger charge is 2.14. The molecule has 3 aromatic rings. The zero-order chi connectivity index (χ0) is 21.1. The van der Waals surface area contributed by atoms with E-state index in [1.54, 1.807) is 6.20 Å². The molecule has 1 amide bonds. The van der Waals surface area contributed by atoms with E-state index in [2.05, 4.69) is 34.0 Å². The van der Waals surface area contributed by atoms with Crippen molar-refractivity contribution in [1.29, 1.82) is 0 Å².